The van der Waals surface area contributed by atoms with Crippen LogP contribution in [0.2, 0.25) is 0 Å². The maximum Gasteiger partial charge on any atom is 0.231 e. The number of H-pyrrole nitrogens is 1. The largest absolute Gasteiger partial charge is 0.454 e. The molecule has 4 heteroatoms. The number of ether oxygens (including phenoxy) is 2. The van der Waals surface area contributed by atoms with E-state index < -0.39 is 0 Å². The Bertz CT molecular complexity index is 788. The molecule has 132 valence electrons. The maximum absolute atomic E-state index is 5.59. The SMILES string of the molecule is C=C.CC/C=C1/OCO/C1=C/C[C@H]1NCCc2c1[nH]c1ccccc21. The molecule has 4 nitrogen and oxygen atoms in total. The maximum atomic E-state index is 5.59. The van der Waals surface area contributed by atoms with E-state index in [-0.39, 0.29) is 0 Å². The van der Waals surface area contributed by atoms with E-state index in [2.05, 4.69) is 66.8 Å². The van der Waals surface area contributed by atoms with E-state index in [1.165, 1.54) is 22.2 Å². The smallest absolute Gasteiger partial charge is 0.231 e. The van der Waals surface area contributed by atoms with Crippen molar-refractivity contribution in [3.8, 4) is 0 Å². The highest BCUT2D eigenvalue weighted by Crippen LogP contribution is 2.32. The molecule has 0 amide bonds. The fourth-order valence-corrected chi connectivity index (χ4v) is 3.49. The molecule has 0 radical (unpaired) electrons. The first kappa shape index (κ1) is 17.4. The van der Waals surface area contributed by atoms with Gasteiger partial charge in [0.2, 0.25) is 6.79 Å². The molecule has 2 aliphatic heterocycles. The molecular weight excluding hydrogens is 312 g/mol. The summed E-state index contributed by atoms with van der Waals surface area (Å²) < 4.78 is 11.1. The molecule has 1 aromatic carbocycles. The van der Waals surface area contributed by atoms with Crippen LogP contribution in [0.25, 0.3) is 10.9 Å². The first-order chi connectivity index (χ1) is 12.4. The van der Waals surface area contributed by atoms with Crippen molar-refractivity contribution in [3.05, 3.63) is 72.4 Å². The zero-order valence-corrected chi connectivity index (χ0v) is 14.8. The molecule has 25 heavy (non-hydrogen) atoms. The standard InChI is InChI=1S/C19H22N2O2.C2H4/c1-2-5-17-18(23-12-22-17)9-8-16-19-14(10-11-20-16)13-6-3-4-7-15(13)21-19;1-2/h3-7,9,16,20-21H,2,8,10-12H2,1H3;1-2H2/b17-5+,18-9+;/t16-;/m1./s1. The van der Waals surface area contributed by atoms with Crippen LogP contribution >= 0.6 is 0 Å². The van der Waals surface area contributed by atoms with Gasteiger partial charge < -0.3 is 19.8 Å². The molecule has 4 rings (SSSR count). The molecule has 1 aromatic heterocycles. The van der Waals surface area contributed by atoms with Crippen LogP contribution in [0.4, 0.5) is 0 Å². The number of nitrogens with one attached hydrogen (secondary N) is 2. The second-order valence-electron chi connectivity index (χ2n) is 6.01. The number of hydrogen-bond acceptors (Lipinski definition) is 3. The van der Waals surface area contributed by atoms with Crippen LogP contribution in [-0.4, -0.2) is 18.3 Å². The molecule has 1 fully saturated rings. The monoisotopic (exact) mass is 338 g/mol. The molecule has 0 spiro atoms. The van der Waals surface area contributed by atoms with E-state index in [1.54, 1.807) is 0 Å². The number of benzene rings is 1. The Morgan fingerprint density at radius 3 is 2.72 bits per heavy atom. The van der Waals surface area contributed by atoms with Crippen LogP contribution in [0.5, 0.6) is 0 Å². The normalized spacial score (nSPS) is 22.2. The molecule has 0 unspecified atom stereocenters. The number of aromatic amines is 1. The molecule has 2 N–H and O–H groups in total. The minimum absolute atomic E-state index is 0.297. The Morgan fingerprint density at radius 1 is 1.16 bits per heavy atom. The van der Waals surface area contributed by atoms with Gasteiger partial charge in [0, 0.05) is 16.6 Å². The highest BCUT2D eigenvalue weighted by atomic mass is 16.7. The molecule has 0 aliphatic carbocycles. The number of rotatable bonds is 3. The molecule has 1 atom stereocenters. The van der Waals surface area contributed by atoms with E-state index in [0.717, 1.165) is 37.3 Å². The van der Waals surface area contributed by atoms with Crippen molar-refractivity contribution in [1.29, 1.82) is 0 Å². The molecule has 1 saturated heterocycles. The molecule has 2 aromatic rings. The Kier molecular flexibility index (Phi) is 5.61. The van der Waals surface area contributed by atoms with Crippen LogP contribution in [0, 0.1) is 0 Å². The van der Waals surface area contributed by atoms with Crippen LogP contribution in [0.1, 0.15) is 37.1 Å². The number of allylic oxidation sites excluding steroid dienone is 1. The first-order valence-corrected chi connectivity index (χ1v) is 8.86. The van der Waals surface area contributed by atoms with E-state index in [9.17, 15) is 0 Å². The van der Waals surface area contributed by atoms with Crippen molar-refractivity contribution in [2.24, 2.45) is 0 Å². The third kappa shape index (κ3) is 3.49. The van der Waals surface area contributed by atoms with Gasteiger partial charge in [-0.1, -0.05) is 25.1 Å². The van der Waals surface area contributed by atoms with Crippen molar-refractivity contribution >= 4 is 10.9 Å². The fourth-order valence-electron chi connectivity index (χ4n) is 3.49. The lowest BCUT2D eigenvalue weighted by molar-refractivity contribution is 0.0972. The fraction of sp³-hybridized carbons (Fsp3) is 0.333. The van der Waals surface area contributed by atoms with Gasteiger partial charge in [0.05, 0.1) is 6.04 Å². The number of aromatic nitrogens is 1. The van der Waals surface area contributed by atoms with Crippen LogP contribution in [-0.2, 0) is 15.9 Å². The number of fused-ring (bicyclic) bond motifs is 3. The lowest BCUT2D eigenvalue weighted by Gasteiger charge is -2.23. The van der Waals surface area contributed by atoms with Crippen LogP contribution in [0.3, 0.4) is 0 Å². The predicted molar refractivity (Wildman–Crippen MR) is 102 cm³/mol. The van der Waals surface area contributed by atoms with E-state index in [0.29, 0.717) is 12.8 Å². The highest BCUT2D eigenvalue weighted by Gasteiger charge is 2.24. The third-order valence-electron chi connectivity index (χ3n) is 4.56. The number of hydrogen-bond donors (Lipinski definition) is 2. The summed E-state index contributed by atoms with van der Waals surface area (Å²) in [5.74, 6) is 1.75. The molecule has 0 saturated carbocycles. The van der Waals surface area contributed by atoms with Crippen molar-refractivity contribution in [3.63, 3.8) is 0 Å². The van der Waals surface area contributed by atoms with Gasteiger partial charge in [0.25, 0.3) is 0 Å². The van der Waals surface area contributed by atoms with Gasteiger partial charge in [-0.25, -0.2) is 0 Å². The van der Waals surface area contributed by atoms with Gasteiger partial charge in [-0.15, -0.1) is 13.2 Å². The molecule has 3 heterocycles. The van der Waals surface area contributed by atoms with Crippen molar-refractivity contribution in [2.45, 2.75) is 32.2 Å². The summed E-state index contributed by atoms with van der Waals surface area (Å²) in [6.07, 6.45) is 7.13. The Labute approximate surface area is 149 Å². The second-order valence-corrected chi connectivity index (χ2v) is 6.01. The van der Waals surface area contributed by atoms with Crippen molar-refractivity contribution in [2.75, 3.05) is 13.3 Å². The van der Waals surface area contributed by atoms with E-state index in [1.807, 2.05) is 0 Å². The molecule has 0 bridgehead atoms. The number of para-hydroxylation sites is 1. The molecular formula is C21H26N2O2. The molecule has 2 aliphatic rings. The Balaban J connectivity index is 0.000000880. The summed E-state index contributed by atoms with van der Waals surface area (Å²) in [5.41, 5.74) is 4.00. The second kappa shape index (κ2) is 8.08. The summed E-state index contributed by atoms with van der Waals surface area (Å²) in [6, 6.07) is 8.85. The van der Waals surface area contributed by atoms with Crippen molar-refractivity contribution in [1.82, 2.24) is 10.3 Å². The summed E-state index contributed by atoms with van der Waals surface area (Å²) in [7, 11) is 0. The highest BCUT2D eigenvalue weighted by molar-refractivity contribution is 5.85. The van der Waals surface area contributed by atoms with Gasteiger partial charge in [-0.3, -0.25) is 0 Å². The van der Waals surface area contributed by atoms with Gasteiger partial charge in [-0.2, -0.15) is 0 Å². The van der Waals surface area contributed by atoms with Gasteiger partial charge in [0.15, 0.2) is 11.5 Å². The summed E-state index contributed by atoms with van der Waals surface area (Å²) in [5, 5.41) is 4.97. The summed E-state index contributed by atoms with van der Waals surface area (Å²) >= 11 is 0. The third-order valence-corrected chi connectivity index (χ3v) is 4.56. The van der Waals surface area contributed by atoms with E-state index in [4.69, 9.17) is 9.47 Å². The first-order valence-electron chi connectivity index (χ1n) is 8.86. The topological polar surface area (TPSA) is 46.3 Å². The summed E-state index contributed by atoms with van der Waals surface area (Å²) in [6.45, 7) is 9.44. The average molecular weight is 338 g/mol. The zero-order valence-electron chi connectivity index (χ0n) is 14.8. The zero-order chi connectivity index (χ0) is 17.6. The lowest BCUT2D eigenvalue weighted by atomic mass is 9.97. The van der Waals surface area contributed by atoms with E-state index >= 15 is 0 Å². The quantitative estimate of drug-likeness (QED) is 0.795. The predicted octanol–water partition coefficient (Wildman–Crippen LogP) is 4.73. The van der Waals surface area contributed by atoms with Gasteiger partial charge >= 0.3 is 0 Å². The minimum Gasteiger partial charge on any atom is -0.454 e. The minimum atomic E-state index is 0.297. The van der Waals surface area contributed by atoms with Crippen LogP contribution < -0.4 is 5.32 Å². The lowest BCUT2D eigenvalue weighted by Crippen LogP contribution is -2.29. The Morgan fingerprint density at radius 2 is 1.92 bits per heavy atom. The summed E-state index contributed by atoms with van der Waals surface area (Å²) in [4.78, 5) is 3.60. The average Bonchev–Trinajstić information content (AvgIpc) is 3.26. The van der Waals surface area contributed by atoms with Gasteiger partial charge in [0.1, 0.15) is 0 Å². The Hall–Kier alpha value is -2.46. The van der Waals surface area contributed by atoms with Crippen LogP contribution in [0.15, 0.2) is 61.1 Å². The van der Waals surface area contributed by atoms with Gasteiger partial charge in [-0.05, 0) is 49.6 Å². The van der Waals surface area contributed by atoms with Crippen molar-refractivity contribution < 1.29 is 9.47 Å².